The molecular formula is C15H14BrClO. The van der Waals surface area contributed by atoms with Gasteiger partial charge in [-0.1, -0.05) is 57.9 Å². The van der Waals surface area contributed by atoms with Gasteiger partial charge in [0, 0.05) is 15.9 Å². The Bertz CT molecular complexity index is 537. The molecule has 0 aliphatic carbocycles. The maximum absolute atomic E-state index is 10.3. The first-order chi connectivity index (χ1) is 8.58. The first kappa shape index (κ1) is 13.6. The molecule has 0 radical (unpaired) electrons. The van der Waals surface area contributed by atoms with Crippen molar-refractivity contribution in [1.82, 2.24) is 0 Å². The van der Waals surface area contributed by atoms with Crippen LogP contribution < -0.4 is 0 Å². The molecule has 0 aromatic heterocycles. The van der Waals surface area contributed by atoms with Crippen molar-refractivity contribution in [2.75, 3.05) is 0 Å². The van der Waals surface area contributed by atoms with E-state index in [1.165, 1.54) is 0 Å². The molecule has 18 heavy (non-hydrogen) atoms. The lowest BCUT2D eigenvalue weighted by atomic mass is 10.00. The van der Waals surface area contributed by atoms with Crippen LogP contribution in [0.4, 0.5) is 0 Å². The smallest absolute Gasteiger partial charge is 0.0844 e. The molecule has 0 amide bonds. The third-order valence-corrected chi connectivity index (χ3v) is 3.97. The number of aryl methyl sites for hydroxylation is 1. The van der Waals surface area contributed by atoms with E-state index in [4.69, 9.17) is 11.6 Å². The Morgan fingerprint density at radius 1 is 1.17 bits per heavy atom. The van der Waals surface area contributed by atoms with E-state index >= 15 is 0 Å². The number of benzene rings is 2. The van der Waals surface area contributed by atoms with Crippen LogP contribution in [0.1, 0.15) is 22.8 Å². The van der Waals surface area contributed by atoms with E-state index in [2.05, 4.69) is 15.9 Å². The summed E-state index contributed by atoms with van der Waals surface area (Å²) in [7, 11) is 0. The van der Waals surface area contributed by atoms with Gasteiger partial charge in [0.1, 0.15) is 0 Å². The van der Waals surface area contributed by atoms with E-state index in [1.807, 2.05) is 49.4 Å². The van der Waals surface area contributed by atoms with Gasteiger partial charge in [-0.3, -0.25) is 0 Å². The largest absolute Gasteiger partial charge is 0.388 e. The molecule has 3 heteroatoms. The second kappa shape index (κ2) is 5.87. The molecule has 2 rings (SSSR count). The topological polar surface area (TPSA) is 20.2 Å². The SMILES string of the molecule is Cc1cccc(C(O)Cc2ccc(Br)cc2)c1Cl. The first-order valence-corrected chi connectivity index (χ1v) is 6.92. The van der Waals surface area contributed by atoms with Gasteiger partial charge in [0.05, 0.1) is 6.10 Å². The van der Waals surface area contributed by atoms with E-state index in [9.17, 15) is 5.11 Å². The minimum absolute atomic E-state index is 0.566. The first-order valence-electron chi connectivity index (χ1n) is 5.75. The summed E-state index contributed by atoms with van der Waals surface area (Å²) in [6.07, 6.45) is -0.00484. The highest BCUT2D eigenvalue weighted by atomic mass is 79.9. The van der Waals surface area contributed by atoms with Gasteiger partial charge in [0.25, 0.3) is 0 Å². The van der Waals surface area contributed by atoms with E-state index < -0.39 is 6.10 Å². The van der Waals surface area contributed by atoms with Gasteiger partial charge in [-0.05, 0) is 35.7 Å². The van der Waals surface area contributed by atoms with Crippen molar-refractivity contribution in [3.8, 4) is 0 Å². The molecule has 0 saturated heterocycles. The number of aliphatic hydroxyl groups is 1. The lowest BCUT2D eigenvalue weighted by Crippen LogP contribution is -2.03. The minimum atomic E-state index is -0.571. The molecular weight excluding hydrogens is 312 g/mol. The Labute approximate surface area is 121 Å². The lowest BCUT2D eigenvalue weighted by molar-refractivity contribution is 0.178. The fourth-order valence-electron chi connectivity index (χ4n) is 1.88. The van der Waals surface area contributed by atoms with Crippen LogP contribution in [-0.2, 0) is 6.42 Å². The summed E-state index contributed by atoms with van der Waals surface area (Å²) in [5.74, 6) is 0. The molecule has 0 saturated carbocycles. The predicted molar refractivity (Wildman–Crippen MR) is 79.0 cm³/mol. The summed E-state index contributed by atoms with van der Waals surface area (Å²) in [5.41, 5.74) is 2.87. The minimum Gasteiger partial charge on any atom is -0.388 e. The van der Waals surface area contributed by atoms with E-state index in [1.54, 1.807) is 0 Å². The second-order valence-electron chi connectivity index (χ2n) is 4.32. The molecule has 2 aromatic rings. The fraction of sp³-hybridized carbons (Fsp3) is 0.200. The number of hydrogen-bond donors (Lipinski definition) is 1. The van der Waals surface area contributed by atoms with Crippen molar-refractivity contribution in [3.05, 3.63) is 68.7 Å². The highest BCUT2D eigenvalue weighted by Crippen LogP contribution is 2.28. The second-order valence-corrected chi connectivity index (χ2v) is 5.62. The fourth-order valence-corrected chi connectivity index (χ4v) is 2.40. The Kier molecular flexibility index (Phi) is 4.44. The van der Waals surface area contributed by atoms with Crippen LogP contribution in [-0.4, -0.2) is 5.11 Å². The number of aliphatic hydroxyl groups excluding tert-OH is 1. The van der Waals surface area contributed by atoms with Gasteiger partial charge in [-0.15, -0.1) is 0 Å². The number of rotatable bonds is 3. The molecule has 0 heterocycles. The Morgan fingerprint density at radius 3 is 2.50 bits per heavy atom. The van der Waals surface area contributed by atoms with Crippen LogP contribution in [0.3, 0.4) is 0 Å². The van der Waals surface area contributed by atoms with Crippen LogP contribution in [0.25, 0.3) is 0 Å². The summed E-state index contributed by atoms with van der Waals surface area (Å²) in [5, 5.41) is 10.9. The molecule has 0 aliphatic heterocycles. The summed E-state index contributed by atoms with van der Waals surface area (Å²) >= 11 is 9.61. The number of halogens is 2. The molecule has 0 aliphatic rings. The van der Waals surface area contributed by atoms with Crippen LogP contribution in [0.5, 0.6) is 0 Å². The van der Waals surface area contributed by atoms with Crippen molar-refractivity contribution in [2.24, 2.45) is 0 Å². The molecule has 1 atom stereocenters. The predicted octanol–water partition coefficient (Wildman–Crippen LogP) is 4.69. The maximum atomic E-state index is 10.3. The average Bonchev–Trinajstić information content (AvgIpc) is 2.35. The van der Waals surface area contributed by atoms with Gasteiger partial charge in [0.15, 0.2) is 0 Å². The average molecular weight is 326 g/mol. The zero-order valence-electron chi connectivity index (χ0n) is 10.0. The van der Waals surface area contributed by atoms with E-state index in [-0.39, 0.29) is 0 Å². The monoisotopic (exact) mass is 324 g/mol. The maximum Gasteiger partial charge on any atom is 0.0844 e. The van der Waals surface area contributed by atoms with Gasteiger partial charge >= 0.3 is 0 Å². The van der Waals surface area contributed by atoms with Crippen molar-refractivity contribution in [3.63, 3.8) is 0 Å². The molecule has 1 N–H and O–H groups in total. The molecule has 0 bridgehead atoms. The standard InChI is InChI=1S/C15H14BrClO/c1-10-3-2-4-13(15(10)17)14(18)9-11-5-7-12(16)8-6-11/h2-8,14,18H,9H2,1H3. The molecule has 1 nitrogen and oxygen atoms in total. The molecule has 0 fully saturated rings. The van der Waals surface area contributed by atoms with Crippen LogP contribution >= 0.6 is 27.5 Å². The molecule has 94 valence electrons. The third kappa shape index (κ3) is 3.14. The highest BCUT2D eigenvalue weighted by molar-refractivity contribution is 9.10. The zero-order chi connectivity index (χ0) is 13.1. The Balaban J connectivity index is 2.19. The summed E-state index contributed by atoms with van der Waals surface area (Å²) in [4.78, 5) is 0. The Hall–Kier alpha value is -0.830. The van der Waals surface area contributed by atoms with Crippen molar-refractivity contribution < 1.29 is 5.11 Å². The normalized spacial score (nSPS) is 12.4. The zero-order valence-corrected chi connectivity index (χ0v) is 12.4. The molecule has 0 spiro atoms. The van der Waals surface area contributed by atoms with Gasteiger partial charge in [-0.2, -0.15) is 0 Å². The molecule has 1 unspecified atom stereocenters. The Morgan fingerprint density at radius 2 is 1.83 bits per heavy atom. The summed E-state index contributed by atoms with van der Waals surface area (Å²) in [6.45, 7) is 1.94. The van der Waals surface area contributed by atoms with Gasteiger partial charge in [-0.25, -0.2) is 0 Å². The third-order valence-electron chi connectivity index (χ3n) is 2.92. The van der Waals surface area contributed by atoms with Crippen molar-refractivity contribution in [1.29, 1.82) is 0 Å². The summed E-state index contributed by atoms with van der Waals surface area (Å²) in [6, 6.07) is 13.7. The highest BCUT2D eigenvalue weighted by Gasteiger charge is 2.13. The van der Waals surface area contributed by atoms with Crippen LogP contribution in [0.2, 0.25) is 5.02 Å². The van der Waals surface area contributed by atoms with E-state index in [0.717, 1.165) is 21.2 Å². The van der Waals surface area contributed by atoms with Crippen molar-refractivity contribution >= 4 is 27.5 Å². The van der Waals surface area contributed by atoms with Crippen LogP contribution in [0.15, 0.2) is 46.9 Å². The lowest BCUT2D eigenvalue weighted by Gasteiger charge is -2.14. The quantitative estimate of drug-likeness (QED) is 0.868. The number of hydrogen-bond acceptors (Lipinski definition) is 1. The van der Waals surface area contributed by atoms with E-state index in [0.29, 0.717) is 11.4 Å². The summed E-state index contributed by atoms with van der Waals surface area (Å²) < 4.78 is 1.04. The molecule has 2 aromatic carbocycles. The van der Waals surface area contributed by atoms with Gasteiger partial charge < -0.3 is 5.11 Å². The van der Waals surface area contributed by atoms with Crippen LogP contribution in [0, 0.1) is 6.92 Å². The van der Waals surface area contributed by atoms with Crippen molar-refractivity contribution in [2.45, 2.75) is 19.4 Å². The van der Waals surface area contributed by atoms with Gasteiger partial charge in [0.2, 0.25) is 0 Å².